The first kappa shape index (κ1) is 11.9. The molecule has 1 rings (SSSR count). The summed E-state index contributed by atoms with van der Waals surface area (Å²) in [6.45, 7) is 0. The van der Waals surface area contributed by atoms with Crippen LogP contribution in [0.1, 0.15) is 4.88 Å². The molecule has 1 N–H and O–H groups in total. The molecule has 0 radical (unpaired) electrons. The van der Waals surface area contributed by atoms with E-state index >= 15 is 0 Å². The molecule has 1 aromatic rings. The lowest BCUT2D eigenvalue weighted by Crippen LogP contribution is -2.22. The molecule has 0 aliphatic heterocycles. The molecular formula is C10H9N3O2S. The third-order valence-electron chi connectivity index (χ3n) is 1.55. The number of thiophene rings is 1. The van der Waals surface area contributed by atoms with Crippen LogP contribution in [0.2, 0.25) is 0 Å². The Balaban J connectivity index is 2.72. The highest BCUT2D eigenvalue weighted by Gasteiger charge is 2.07. The van der Waals surface area contributed by atoms with E-state index in [0.717, 1.165) is 11.2 Å². The van der Waals surface area contributed by atoms with Gasteiger partial charge in [-0.25, -0.2) is 0 Å². The molecule has 82 valence electrons. The molecule has 1 aromatic heterocycles. The Morgan fingerprint density at radius 3 is 3.12 bits per heavy atom. The summed E-state index contributed by atoms with van der Waals surface area (Å²) in [7, 11) is 1.36. The SMILES string of the molecule is CO/N=C/NC(=O)C(C#N)=Cc1cccs1. The second-order valence-electron chi connectivity index (χ2n) is 2.58. The van der Waals surface area contributed by atoms with Crippen LogP contribution in [0.3, 0.4) is 0 Å². The maximum absolute atomic E-state index is 11.4. The van der Waals surface area contributed by atoms with Gasteiger partial charge in [0.2, 0.25) is 0 Å². The number of nitrogens with one attached hydrogen (secondary N) is 1. The summed E-state index contributed by atoms with van der Waals surface area (Å²) in [5.74, 6) is -0.517. The van der Waals surface area contributed by atoms with Crippen molar-refractivity contribution in [3.8, 4) is 6.07 Å². The van der Waals surface area contributed by atoms with Crippen LogP contribution in [0.5, 0.6) is 0 Å². The number of oxime groups is 1. The predicted octanol–water partition coefficient (Wildman–Crippen LogP) is 1.36. The fourth-order valence-electron chi connectivity index (χ4n) is 0.880. The van der Waals surface area contributed by atoms with Gasteiger partial charge in [-0.05, 0) is 17.5 Å². The number of hydrogen-bond donors (Lipinski definition) is 1. The van der Waals surface area contributed by atoms with Crippen molar-refractivity contribution in [3.63, 3.8) is 0 Å². The number of nitriles is 1. The average molecular weight is 235 g/mol. The van der Waals surface area contributed by atoms with Gasteiger partial charge in [-0.1, -0.05) is 11.2 Å². The van der Waals surface area contributed by atoms with Crippen LogP contribution < -0.4 is 5.32 Å². The van der Waals surface area contributed by atoms with Crippen LogP contribution in [-0.4, -0.2) is 19.4 Å². The minimum absolute atomic E-state index is 0.0185. The van der Waals surface area contributed by atoms with Crippen LogP contribution in [0.4, 0.5) is 0 Å². The summed E-state index contributed by atoms with van der Waals surface area (Å²) in [6, 6.07) is 5.48. The highest BCUT2D eigenvalue weighted by Crippen LogP contribution is 2.12. The van der Waals surface area contributed by atoms with Crippen molar-refractivity contribution >= 4 is 29.7 Å². The number of nitrogens with zero attached hydrogens (tertiary/aromatic N) is 2. The van der Waals surface area contributed by atoms with E-state index in [2.05, 4.69) is 15.3 Å². The second kappa shape index (κ2) is 6.37. The molecule has 0 aliphatic carbocycles. The Kier molecular flexibility index (Phi) is 4.76. The van der Waals surface area contributed by atoms with Gasteiger partial charge in [0.15, 0.2) is 0 Å². The summed E-state index contributed by atoms with van der Waals surface area (Å²) in [5, 5.41) is 16.3. The van der Waals surface area contributed by atoms with Crippen molar-refractivity contribution in [2.24, 2.45) is 5.16 Å². The van der Waals surface area contributed by atoms with E-state index in [1.807, 2.05) is 23.6 Å². The standard InChI is InChI=1S/C10H9N3O2S/c1-15-13-7-12-10(14)8(6-11)5-9-3-2-4-16-9/h2-5,7H,1H3,(H,12,13,14). The number of amides is 1. The molecule has 0 unspecified atom stereocenters. The molecule has 0 saturated carbocycles. The highest BCUT2D eigenvalue weighted by molar-refractivity contribution is 7.10. The van der Waals surface area contributed by atoms with Gasteiger partial charge in [-0.2, -0.15) is 5.26 Å². The lowest BCUT2D eigenvalue weighted by molar-refractivity contribution is -0.115. The van der Waals surface area contributed by atoms with Crippen LogP contribution in [0.25, 0.3) is 6.08 Å². The van der Waals surface area contributed by atoms with Gasteiger partial charge in [0.1, 0.15) is 25.1 Å². The Bertz CT molecular complexity index is 443. The van der Waals surface area contributed by atoms with Crippen LogP contribution >= 0.6 is 11.3 Å². The van der Waals surface area contributed by atoms with E-state index in [0.29, 0.717) is 0 Å². The summed E-state index contributed by atoms with van der Waals surface area (Å²) in [6.07, 6.45) is 2.60. The molecule has 0 aliphatic rings. The van der Waals surface area contributed by atoms with Crippen molar-refractivity contribution in [1.82, 2.24) is 5.32 Å². The van der Waals surface area contributed by atoms with Crippen LogP contribution in [0, 0.1) is 11.3 Å². The molecular weight excluding hydrogens is 226 g/mol. The number of hydrogen-bond acceptors (Lipinski definition) is 5. The van der Waals surface area contributed by atoms with Gasteiger partial charge in [-0.3, -0.25) is 4.79 Å². The molecule has 1 heterocycles. The fraction of sp³-hybridized carbons (Fsp3) is 0.100. The first-order valence-corrected chi connectivity index (χ1v) is 5.17. The van der Waals surface area contributed by atoms with Gasteiger partial charge >= 0.3 is 0 Å². The molecule has 16 heavy (non-hydrogen) atoms. The Morgan fingerprint density at radius 1 is 1.75 bits per heavy atom. The van der Waals surface area contributed by atoms with Gasteiger partial charge in [0.25, 0.3) is 5.91 Å². The summed E-state index contributed by atoms with van der Waals surface area (Å²) in [4.78, 5) is 16.6. The molecule has 0 bridgehead atoms. The largest absolute Gasteiger partial charge is 0.398 e. The molecule has 0 atom stereocenters. The third kappa shape index (κ3) is 3.55. The smallest absolute Gasteiger partial charge is 0.267 e. The molecule has 6 heteroatoms. The fourth-order valence-corrected chi connectivity index (χ4v) is 1.54. The second-order valence-corrected chi connectivity index (χ2v) is 3.56. The van der Waals surface area contributed by atoms with E-state index in [1.54, 1.807) is 0 Å². The minimum Gasteiger partial charge on any atom is -0.398 e. The number of rotatable bonds is 4. The summed E-state index contributed by atoms with van der Waals surface area (Å²) < 4.78 is 0. The Morgan fingerprint density at radius 2 is 2.56 bits per heavy atom. The Hall–Kier alpha value is -2.13. The maximum atomic E-state index is 11.4. The molecule has 0 fully saturated rings. The molecule has 0 aromatic carbocycles. The summed E-state index contributed by atoms with van der Waals surface area (Å²) in [5.41, 5.74) is 0.0185. The molecule has 1 amide bonds. The lowest BCUT2D eigenvalue weighted by atomic mass is 10.2. The first-order valence-electron chi connectivity index (χ1n) is 4.29. The highest BCUT2D eigenvalue weighted by atomic mass is 32.1. The monoisotopic (exact) mass is 235 g/mol. The lowest BCUT2D eigenvalue weighted by Gasteiger charge is -1.95. The van der Waals surface area contributed by atoms with Gasteiger partial charge in [-0.15, -0.1) is 11.3 Å². The van der Waals surface area contributed by atoms with Crippen LogP contribution in [0.15, 0.2) is 28.2 Å². The van der Waals surface area contributed by atoms with Gasteiger partial charge in [0.05, 0.1) is 0 Å². The van der Waals surface area contributed by atoms with E-state index in [1.165, 1.54) is 24.5 Å². The average Bonchev–Trinajstić information content (AvgIpc) is 2.78. The van der Waals surface area contributed by atoms with Crippen molar-refractivity contribution in [3.05, 3.63) is 28.0 Å². The van der Waals surface area contributed by atoms with Crippen molar-refractivity contribution in [2.45, 2.75) is 0 Å². The van der Waals surface area contributed by atoms with Crippen molar-refractivity contribution in [1.29, 1.82) is 5.26 Å². The van der Waals surface area contributed by atoms with E-state index in [-0.39, 0.29) is 5.57 Å². The maximum Gasteiger partial charge on any atom is 0.267 e. The topological polar surface area (TPSA) is 74.5 Å². The quantitative estimate of drug-likeness (QED) is 0.281. The van der Waals surface area contributed by atoms with E-state index in [4.69, 9.17) is 5.26 Å². The molecule has 0 saturated heterocycles. The predicted molar refractivity (Wildman–Crippen MR) is 61.6 cm³/mol. The van der Waals surface area contributed by atoms with Crippen molar-refractivity contribution < 1.29 is 9.63 Å². The summed E-state index contributed by atoms with van der Waals surface area (Å²) >= 11 is 1.45. The number of carbonyl (C=O) groups excluding carboxylic acids is 1. The van der Waals surface area contributed by atoms with Gasteiger partial charge in [0, 0.05) is 4.88 Å². The third-order valence-corrected chi connectivity index (χ3v) is 2.37. The van der Waals surface area contributed by atoms with Crippen molar-refractivity contribution in [2.75, 3.05) is 7.11 Å². The van der Waals surface area contributed by atoms with Gasteiger partial charge < -0.3 is 10.2 Å². The van der Waals surface area contributed by atoms with E-state index in [9.17, 15) is 4.79 Å². The normalized spacial score (nSPS) is 11.1. The van der Waals surface area contributed by atoms with Crippen LogP contribution in [-0.2, 0) is 9.63 Å². The van der Waals surface area contributed by atoms with E-state index < -0.39 is 5.91 Å². The minimum atomic E-state index is -0.517. The molecule has 5 nitrogen and oxygen atoms in total. The zero-order valence-corrected chi connectivity index (χ0v) is 9.32. The first-order chi connectivity index (χ1) is 7.77. The molecule has 0 spiro atoms. The number of carbonyl (C=O) groups is 1. The zero-order chi connectivity index (χ0) is 11.8. The zero-order valence-electron chi connectivity index (χ0n) is 8.51. The Labute approximate surface area is 96.6 Å².